The first kappa shape index (κ1) is 11.4. The molecule has 0 aromatic carbocycles. The van der Waals surface area contributed by atoms with Crippen molar-refractivity contribution in [2.75, 3.05) is 12.4 Å². The quantitative estimate of drug-likeness (QED) is 0.671. The predicted octanol–water partition coefficient (Wildman–Crippen LogP) is 1.01. The van der Waals surface area contributed by atoms with Gasteiger partial charge in [-0.3, -0.25) is 4.79 Å². The number of hydrogen-bond donors (Lipinski definition) is 2. The third kappa shape index (κ3) is 5.66. The molecule has 1 aromatic heterocycles. The van der Waals surface area contributed by atoms with Crippen LogP contribution in [0, 0.1) is 0 Å². The number of H-pyrrole nitrogens is 1. The molecule has 1 rings (SSSR count). The number of hydrogen-bond acceptors (Lipinski definition) is 3. The maximum absolute atomic E-state index is 10.5. The second-order valence-electron chi connectivity index (χ2n) is 2.27. The van der Waals surface area contributed by atoms with Crippen LogP contribution in [0.5, 0.6) is 0 Å². The molecule has 13 heavy (non-hydrogen) atoms. The van der Waals surface area contributed by atoms with Gasteiger partial charge in [-0.2, -0.15) is 0 Å². The summed E-state index contributed by atoms with van der Waals surface area (Å²) >= 11 is 0. The average molecular weight is 182 g/mol. The lowest BCUT2D eigenvalue weighted by Gasteiger charge is -1.94. The number of carbonyl (C=O) groups excluding carboxylic acids is 1. The molecular formula is C9H14N2O2. The van der Waals surface area contributed by atoms with E-state index in [1.165, 1.54) is 6.07 Å². The van der Waals surface area contributed by atoms with Gasteiger partial charge in [-0.25, -0.2) is 0 Å². The number of nitrogens with one attached hydrogen (secondary N) is 2. The van der Waals surface area contributed by atoms with Crippen molar-refractivity contribution in [2.45, 2.75) is 13.3 Å². The van der Waals surface area contributed by atoms with Gasteiger partial charge in [0.25, 0.3) is 0 Å². The van der Waals surface area contributed by atoms with E-state index in [1.54, 1.807) is 19.3 Å². The number of aldehydes is 1. The van der Waals surface area contributed by atoms with Gasteiger partial charge in [0.1, 0.15) is 6.29 Å². The zero-order chi connectivity index (χ0) is 10.1. The predicted molar refractivity (Wildman–Crippen MR) is 53.0 cm³/mol. The van der Waals surface area contributed by atoms with E-state index in [9.17, 15) is 9.59 Å². The topological polar surface area (TPSA) is 62.0 Å². The highest BCUT2D eigenvalue weighted by Gasteiger charge is 1.83. The molecule has 1 aromatic rings. The highest BCUT2D eigenvalue weighted by molar-refractivity contribution is 5.48. The molecule has 0 saturated heterocycles. The standard InChI is InChI=1S/C6H8N2O.C3H6O/c1-7-5-2-3-6(9)8-4-5;1-2-3-4/h2-4,7H,1H3,(H,8,9);3H,2H2,1H3. The summed E-state index contributed by atoms with van der Waals surface area (Å²) in [4.78, 5) is 22.2. The minimum Gasteiger partial charge on any atom is -0.387 e. The Labute approximate surface area is 77.0 Å². The van der Waals surface area contributed by atoms with Crippen molar-refractivity contribution in [2.24, 2.45) is 0 Å². The van der Waals surface area contributed by atoms with Crippen LogP contribution < -0.4 is 10.9 Å². The normalized spacial score (nSPS) is 8.15. The van der Waals surface area contributed by atoms with E-state index >= 15 is 0 Å². The van der Waals surface area contributed by atoms with Gasteiger partial charge in [0, 0.05) is 25.7 Å². The minimum atomic E-state index is -0.0750. The second kappa shape index (κ2) is 7.09. The Balaban J connectivity index is 0.000000310. The van der Waals surface area contributed by atoms with Crippen LogP contribution in [0.25, 0.3) is 0 Å². The van der Waals surface area contributed by atoms with Gasteiger partial charge in [-0.15, -0.1) is 0 Å². The molecule has 0 fully saturated rings. The first-order valence-electron chi connectivity index (χ1n) is 4.04. The lowest BCUT2D eigenvalue weighted by atomic mass is 10.4. The van der Waals surface area contributed by atoms with Crippen LogP contribution in [0.1, 0.15) is 13.3 Å². The lowest BCUT2D eigenvalue weighted by Crippen LogP contribution is -2.02. The fraction of sp³-hybridized carbons (Fsp3) is 0.333. The van der Waals surface area contributed by atoms with E-state index in [4.69, 9.17) is 0 Å². The van der Waals surface area contributed by atoms with Crippen LogP contribution in [-0.2, 0) is 4.79 Å². The molecule has 2 N–H and O–H groups in total. The van der Waals surface area contributed by atoms with Gasteiger partial charge in [-0.05, 0) is 6.07 Å². The molecule has 0 aliphatic rings. The summed E-state index contributed by atoms with van der Waals surface area (Å²) < 4.78 is 0. The molecule has 0 saturated carbocycles. The Morgan fingerprint density at radius 1 is 1.54 bits per heavy atom. The summed E-state index contributed by atoms with van der Waals surface area (Å²) in [5.41, 5.74) is 0.837. The molecule has 0 bridgehead atoms. The van der Waals surface area contributed by atoms with E-state index in [-0.39, 0.29) is 5.56 Å². The van der Waals surface area contributed by atoms with Crippen molar-refractivity contribution in [3.63, 3.8) is 0 Å². The fourth-order valence-electron chi connectivity index (χ4n) is 0.566. The Morgan fingerprint density at radius 2 is 2.15 bits per heavy atom. The Kier molecular flexibility index (Phi) is 6.23. The first-order chi connectivity index (χ1) is 6.24. The fourth-order valence-corrected chi connectivity index (χ4v) is 0.566. The van der Waals surface area contributed by atoms with Crippen LogP contribution in [0.15, 0.2) is 23.1 Å². The highest BCUT2D eigenvalue weighted by Crippen LogP contribution is 1.96. The Morgan fingerprint density at radius 3 is 2.46 bits per heavy atom. The SMILES string of the molecule is CCC=O.CNc1ccc(=O)[nH]c1. The van der Waals surface area contributed by atoms with Crippen LogP contribution in [-0.4, -0.2) is 18.3 Å². The van der Waals surface area contributed by atoms with E-state index in [0.29, 0.717) is 6.42 Å². The summed E-state index contributed by atoms with van der Waals surface area (Å²) in [6.07, 6.45) is 3.14. The van der Waals surface area contributed by atoms with Gasteiger partial charge >= 0.3 is 0 Å². The molecule has 0 unspecified atom stereocenters. The van der Waals surface area contributed by atoms with Gasteiger partial charge in [-0.1, -0.05) is 6.92 Å². The lowest BCUT2D eigenvalue weighted by molar-refractivity contribution is -0.107. The van der Waals surface area contributed by atoms with Crippen molar-refractivity contribution < 1.29 is 4.79 Å². The van der Waals surface area contributed by atoms with E-state index in [1.807, 2.05) is 6.92 Å². The van der Waals surface area contributed by atoms with Crippen LogP contribution >= 0.6 is 0 Å². The second-order valence-corrected chi connectivity index (χ2v) is 2.27. The molecule has 0 amide bonds. The molecule has 1 heterocycles. The van der Waals surface area contributed by atoms with Gasteiger partial charge < -0.3 is 15.1 Å². The van der Waals surface area contributed by atoms with Crippen molar-refractivity contribution >= 4 is 12.0 Å². The number of aromatic nitrogens is 1. The monoisotopic (exact) mass is 182 g/mol. The Hall–Kier alpha value is -1.58. The molecule has 0 aliphatic carbocycles. The minimum absolute atomic E-state index is 0.0750. The number of anilines is 1. The van der Waals surface area contributed by atoms with E-state index in [0.717, 1.165) is 12.0 Å². The van der Waals surface area contributed by atoms with Gasteiger partial charge in [0.05, 0.1) is 5.69 Å². The summed E-state index contributed by atoms with van der Waals surface area (Å²) in [6.45, 7) is 1.81. The molecular weight excluding hydrogens is 168 g/mol. The number of aromatic amines is 1. The molecule has 0 spiro atoms. The zero-order valence-corrected chi connectivity index (χ0v) is 7.83. The molecule has 4 nitrogen and oxygen atoms in total. The van der Waals surface area contributed by atoms with Crippen molar-refractivity contribution in [3.05, 3.63) is 28.7 Å². The molecule has 72 valence electrons. The number of carbonyl (C=O) groups is 1. The molecule has 0 aliphatic heterocycles. The van der Waals surface area contributed by atoms with E-state index < -0.39 is 0 Å². The number of pyridine rings is 1. The maximum atomic E-state index is 10.5. The molecule has 0 radical (unpaired) electrons. The van der Waals surface area contributed by atoms with Crippen LogP contribution in [0.3, 0.4) is 0 Å². The van der Waals surface area contributed by atoms with Crippen LogP contribution in [0.4, 0.5) is 5.69 Å². The third-order valence-corrected chi connectivity index (χ3v) is 1.24. The molecule has 0 atom stereocenters. The Bertz CT molecular complexity index is 273. The van der Waals surface area contributed by atoms with Gasteiger partial charge in [0.15, 0.2) is 0 Å². The molecule has 4 heteroatoms. The first-order valence-corrected chi connectivity index (χ1v) is 4.04. The number of rotatable bonds is 2. The third-order valence-electron chi connectivity index (χ3n) is 1.24. The van der Waals surface area contributed by atoms with Crippen molar-refractivity contribution in [1.29, 1.82) is 0 Å². The zero-order valence-electron chi connectivity index (χ0n) is 7.83. The van der Waals surface area contributed by atoms with Crippen LogP contribution in [0.2, 0.25) is 0 Å². The summed E-state index contributed by atoms with van der Waals surface area (Å²) in [6, 6.07) is 3.20. The van der Waals surface area contributed by atoms with Crippen molar-refractivity contribution in [1.82, 2.24) is 4.98 Å². The van der Waals surface area contributed by atoms with Gasteiger partial charge in [0.2, 0.25) is 5.56 Å². The van der Waals surface area contributed by atoms with E-state index in [2.05, 4.69) is 10.3 Å². The van der Waals surface area contributed by atoms with Crippen molar-refractivity contribution in [3.8, 4) is 0 Å². The summed E-state index contributed by atoms with van der Waals surface area (Å²) in [5.74, 6) is 0. The summed E-state index contributed by atoms with van der Waals surface area (Å²) in [7, 11) is 1.80. The smallest absolute Gasteiger partial charge is 0.248 e. The maximum Gasteiger partial charge on any atom is 0.248 e. The summed E-state index contributed by atoms with van der Waals surface area (Å²) in [5, 5.41) is 2.88. The largest absolute Gasteiger partial charge is 0.387 e. The highest BCUT2D eigenvalue weighted by atomic mass is 16.1. The average Bonchev–Trinajstić information content (AvgIpc) is 2.19.